The van der Waals surface area contributed by atoms with Crippen molar-refractivity contribution in [2.24, 2.45) is 11.8 Å². The summed E-state index contributed by atoms with van der Waals surface area (Å²) in [5.74, 6) is 1.02. The summed E-state index contributed by atoms with van der Waals surface area (Å²) < 4.78 is 0. The first-order valence-corrected chi connectivity index (χ1v) is 6.58. The highest BCUT2D eigenvalue weighted by Gasteiger charge is 2.26. The van der Waals surface area contributed by atoms with E-state index in [0.717, 1.165) is 25.8 Å². The Morgan fingerprint density at radius 2 is 2.19 bits per heavy atom. The number of hydrogen-bond acceptors (Lipinski definition) is 2. The molecule has 0 bridgehead atoms. The summed E-state index contributed by atoms with van der Waals surface area (Å²) in [6, 6.07) is 0.770. The Bertz CT molecular complexity index is 230. The zero-order chi connectivity index (χ0) is 12.1. The van der Waals surface area contributed by atoms with Crippen LogP contribution in [-0.2, 0) is 4.79 Å². The van der Waals surface area contributed by atoms with E-state index in [-0.39, 0.29) is 11.8 Å². The molecule has 2 N–H and O–H groups in total. The lowest BCUT2D eigenvalue weighted by atomic mass is 9.91. The van der Waals surface area contributed by atoms with Gasteiger partial charge >= 0.3 is 0 Å². The highest BCUT2D eigenvalue weighted by Crippen LogP contribution is 2.17. The van der Waals surface area contributed by atoms with Crippen molar-refractivity contribution in [2.45, 2.75) is 59.0 Å². The molecule has 0 aromatic rings. The van der Waals surface area contributed by atoms with E-state index in [1.807, 2.05) is 0 Å². The van der Waals surface area contributed by atoms with Gasteiger partial charge in [-0.25, -0.2) is 0 Å². The highest BCUT2D eigenvalue weighted by atomic mass is 16.1. The molecule has 1 aliphatic rings. The van der Waals surface area contributed by atoms with Gasteiger partial charge in [-0.1, -0.05) is 20.3 Å². The van der Waals surface area contributed by atoms with E-state index in [1.165, 1.54) is 0 Å². The minimum atomic E-state index is 0.211. The van der Waals surface area contributed by atoms with Crippen LogP contribution in [0, 0.1) is 11.8 Å². The van der Waals surface area contributed by atoms with Crippen LogP contribution in [0.3, 0.4) is 0 Å². The lowest BCUT2D eigenvalue weighted by Gasteiger charge is -2.29. The summed E-state index contributed by atoms with van der Waals surface area (Å²) in [5, 5.41) is 6.53. The van der Waals surface area contributed by atoms with E-state index >= 15 is 0 Å². The molecule has 1 amide bonds. The Balaban J connectivity index is 2.39. The summed E-state index contributed by atoms with van der Waals surface area (Å²) in [6.45, 7) is 9.58. The molecule has 1 heterocycles. The molecular weight excluding hydrogens is 200 g/mol. The van der Waals surface area contributed by atoms with E-state index in [4.69, 9.17) is 0 Å². The standard InChI is InChI=1S/C13H26N2O/c1-5-9(2)11(4)15-13(16)12-6-7-14-10(3)8-12/h9-12,14H,5-8H2,1-4H3,(H,15,16). The predicted molar refractivity (Wildman–Crippen MR) is 67.2 cm³/mol. The minimum absolute atomic E-state index is 0.211. The summed E-state index contributed by atoms with van der Waals surface area (Å²) in [5.41, 5.74) is 0. The molecular formula is C13H26N2O. The molecule has 94 valence electrons. The van der Waals surface area contributed by atoms with Crippen molar-refractivity contribution in [3.8, 4) is 0 Å². The maximum Gasteiger partial charge on any atom is 0.223 e. The smallest absolute Gasteiger partial charge is 0.223 e. The van der Waals surface area contributed by atoms with E-state index in [0.29, 0.717) is 18.0 Å². The Hall–Kier alpha value is -0.570. The molecule has 1 aliphatic heterocycles. The molecule has 0 saturated carbocycles. The van der Waals surface area contributed by atoms with Gasteiger partial charge in [-0.3, -0.25) is 4.79 Å². The Morgan fingerprint density at radius 3 is 2.75 bits per heavy atom. The van der Waals surface area contributed by atoms with Crippen LogP contribution in [0.5, 0.6) is 0 Å². The molecule has 0 aromatic carbocycles. The molecule has 4 atom stereocenters. The highest BCUT2D eigenvalue weighted by molar-refractivity contribution is 5.79. The lowest BCUT2D eigenvalue weighted by molar-refractivity contribution is -0.127. The van der Waals surface area contributed by atoms with Crippen molar-refractivity contribution in [1.82, 2.24) is 10.6 Å². The topological polar surface area (TPSA) is 41.1 Å². The second kappa shape index (κ2) is 6.24. The van der Waals surface area contributed by atoms with Crippen molar-refractivity contribution in [1.29, 1.82) is 0 Å². The van der Waals surface area contributed by atoms with Crippen LogP contribution in [0.25, 0.3) is 0 Å². The molecule has 0 aliphatic carbocycles. The van der Waals surface area contributed by atoms with Crippen LogP contribution < -0.4 is 10.6 Å². The van der Waals surface area contributed by atoms with Gasteiger partial charge in [0, 0.05) is 18.0 Å². The molecule has 3 nitrogen and oxygen atoms in total. The molecule has 0 radical (unpaired) electrons. The van der Waals surface area contributed by atoms with Crippen molar-refractivity contribution in [2.75, 3.05) is 6.54 Å². The van der Waals surface area contributed by atoms with E-state index < -0.39 is 0 Å². The molecule has 16 heavy (non-hydrogen) atoms. The SMILES string of the molecule is CCC(C)C(C)NC(=O)C1CCNC(C)C1. The third-order valence-corrected chi connectivity index (χ3v) is 3.86. The number of amides is 1. The molecule has 1 saturated heterocycles. The summed E-state index contributed by atoms with van der Waals surface area (Å²) >= 11 is 0. The van der Waals surface area contributed by atoms with E-state index in [9.17, 15) is 4.79 Å². The second-order valence-corrected chi connectivity index (χ2v) is 5.26. The third-order valence-electron chi connectivity index (χ3n) is 3.86. The monoisotopic (exact) mass is 226 g/mol. The first-order chi connectivity index (χ1) is 7.54. The van der Waals surface area contributed by atoms with Gasteiger partial charge in [0.15, 0.2) is 0 Å². The quantitative estimate of drug-likeness (QED) is 0.769. The van der Waals surface area contributed by atoms with Gasteiger partial charge in [0.2, 0.25) is 5.91 Å². The fraction of sp³-hybridized carbons (Fsp3) is 0.923. The summed E-state index contributed by atoms with van der Waals surface area (Å²) in [7, 11) is 0. The fourth-order valence-corrected chi connectivity index (χ4v) is 2.21. The zero-order valence-corrected chi connectivity index (χ0v) is 11.0. The van der Waals surface area contributed by atoms with Gasteiger partial charge in [-0.15, -0.1) is 0 Å². The number of piperidine rings is 1. The third kappa shape index (κ3) is 3.78. The molecule has 4 unspecified atom stereocenters. The normalized spacial score (nSPS) is 29.5. The van der Waals surface area contributed by atoms with Gasteiger partial charge in [-0.2, -0.15) is 0 Å². The maximum atomic E-state index is 12.0. The van der Waals surface area contributed by atoms with Crippen LogP contribution >= 0.6 is 0 Å². The molecule has 3 heteroatoms. The van der Waals surface area contributed by atoms with Crippen LogP contribution in [0.1, 0.15) is 47.0 Å². The van der Waals surface area contributed by atoms with Gasteiger partial charge in [0.25, 0.3) is 0 Å². The van der Waals surface area contributed by atoms with Crippen molar-refractivity contribution in [3.05, 3.63) is 0 Å². The first kappa shape index (κ1) is 13.5. The zero-order valence-electron chi connectivity index (χ0n) is 11.0. The number of carbonyl (C=O) groups is 1. The summed E-state index contributed by atoms with van der Waals surface area (Å²) in [4.78, 5) is 12.0. The lowest BCUT2D eigenvalue weighted by Crippen LogP contribution is -2.46. The number of rotatable bonds is 4. The van der Waals surface area contributed by atoms with Crippen LogP contribution in [-0.4, -0.2) is 24.5 Å². The van der Waals surface area contributed by atoms with E-state index in [1.54, 1.807) is 0 Å². The first-order valence-electron chi connectivity index (χ1n) is 6.58. The number of nitrogens with one attached hydrogen (secondary N) is 2. The van der Waals surface area contributed by atoms with Crippen LogP contribution in [0.2, 0.25) is 0 Å². The maximum absolute atomic E-state index is 12.0. The molecule has 1 fully saturated rings. The van der Waals surface area contributed by atoms with Gasteiger partial charge < -0.3 is 10.6 Å². The molecule has 0 aromatic heterocycles. The van der Waals surface area contributed by atoms with Gasteiger partial charge in [0.05, 0.1) is 0 Å². The number of hydrogen-bond donors (Lipinski definition) is 2. The van der Waals surface area contributed by atoms with Crippen LogP contribution in [0.15, 0.2) is 0 Å². The largest absolute Gasteiger partial charge is 0.353 e. The minimum Gasteiger partial charge on any atom is -0.353 e. The predicted octanol–water partition coefficient (Wildman–Crippen LogP) is 1.93. The molecule has 1 rings (SSSR count). The number of carbonyl (C=O) groups excluding carboxylic acids is 1. The van der Waals surface area contributed by atoms with Crippen LogP contribution in [0.4, 0.5) is 0 Å². The summed E-state index contributed by atoms with van der Waals surface area (Å²) in [6.07, 6.45) is 3.06. The molecule has 0 spiro atoms. The Morgan fingerprint density at radius 1 is 1.50 bits per heavy atom. The average molecular weight is 226 g/mol. The van der Waals surface area contributed by atoms with Gasteiger partial charge in [0.1, 0.15) is 0 Å². The second-order valence-electron chi connectivity index (χ2n) is 5.26. The fourth-order valence-electron chi connectivity index (χ4n) is 2.21. The average Bonchev–Trinajstić information content (AvgIpc) is 2.27. The van der Waals surface area contributed by atoms with Crippen molar-refractivity contribution < 1.29 is 4.79 Å². The van der Waals surface area contributed by atoms with Crippen molar-refractivity contribution in [3.63, 3.8) is 0 Å². The van der Waals surface area contributed by atoms with Gasteiger partial charge in [-0.05, 0) is 39.2 Å². The van der Waals surface area contributed by atoms with E-state index in [2.05, 4.69) is 38.3 Å². The Labute approximate surface area is 99.4 Å². The van der Waals surface area contributed by atoms with Crippen molar-refractivity contribution >= 4 is 5.91 Å². The Kier molecular flexibility index (Phi) is 5.26.